The van der Waals surface area contributed by atoms with Crippen molar-refractivity contribution >= 4 is 43.2 Å². The molecule has 1 aromatic carbocycles. The molecule has 22 heavy (non-hydrogen) atoms. The number of fused-ring (bicyclic) bond motifs is 1. The lowest BCUT2D eigenvalue weighted by atomic mass is 10.3. The van der Waals surface area contributed by atoms with E-state index in [1.165, 1.54) is 30.3 Å². The number of hydrogen-bond donors (Lipinski definition) is 3. The molecule has 7 nitrogen and oxygen atoms in total. The van der Waals surface area contributed by atoms with Crippen LogP contribution in [-0.2, 0) is 10.0 Å². The van der Waals surface area contributed by atoms with Crippen molar-refractivity contribution in [3.8, 4) is 0 Å². The summed E-state index contributed by atoms with van der Waals surface area (Å²) in [5.74, 6) is -1.26. The zero-order valence-electron chi connectivity index (χ0n) is 10.8. The summed E-state index contributed by atoms with van der Waals surface area (Å²) in [4.78, 5) is 10.9. The topological polar surface area (TPSA) is 118 Å². The molecule has 3 aromatic rings. The Labute approximate surface area is 128 Å². The number of anilines is 1. The number of hydrogen-bond acceptors (Lipinski definition) is 5. The van der Waals surface area contributed by atoms with Gasteiger partial charge in [-0.2, -0.15) is 5.10 Å². The van der Waals surface area contributed by atoms with Crippen molar-refractivity contribution in [3.05, 3.63) is 41.8 Å². The number of rotatable bonds is 4. The maximum Gasteiger partial charge on any atom is 0.272 e. The molecule has 0 atom stereocenters. The number of amides is 1. The van der Waals surface area contributed by atoms with Crippen LogP contribution >= 0.6 is 11.3 Å². The second-order valence-electron chi connectivity index (χ2n) is 4.38. The normalized spacial score (nSPS) is 11.7. The second-order valence-corrected chi connectivity index (χ2v) is 7.38. The van der Waals surface area contributed by atoms with Gasteiger partial charge in [-0.1, -0.05) is 0 Å². The number of primary amides is 1. The fraction of sp³-hybridized carbons (Fsp3) is 0. The van der Waals surface area contributed by atoms with Crippen molar-refractivity contribution in [1.29, 1.82) is 0 Å². The van der Waals surface area contributed by atoms with E-state index in [-0.39, 0.29) is 15.7 Å². The van der Waals surface area contributed by atoms with Gasteiger partial charge >= 0.3 is 0 Å². The first-order valence-electron chi connectivity index (χ1n) is 5.92. The van der Waals surface area contributed by atoms with Crippen molar-refractivity contribution < 1.29 is 17.6 Å². The van der Waals surface area contributed by atoms with Crippen LogP contribution in [0.2, 0.25) is 0 Å². The largest absolute Gasteiger partial charge is 0.364 e. The summed E-state index contributed by atoms with van der Waals surface area (Å²) in [7, 11) is -3.89. The van der Waals surface area contributed by atoms with Gasteiger partial charge in [0.2, 0.25) is 0 Å². The van der Waals surface area contributed by atoms with E-state index in [1.54, 1.807) is 0 Å². The molecule has 0 aliphatic rings. The quantitative estimate of drug-likeness (QED) is 0.669. The molecule has 114 valence electrons. The first-order valence-corrected chi connectivity index (χ1v) is 8.22. The number of benzene rings is 1. The van der Waals surface area contributed by atoms with Crippen LogP contribution in [0.25, 0.3) is 10.1 Å². The standard InChI is InChI=1S/C12H9FN4O3S2/c13-7-1-2-9-6(3-7)4-11(21-9)22(19,20)17-10-5-8(12(14)18)15-16-10/h1-5H,(H2,14,18)(H2,15,16,17). The zero-order valence-corrected chi connectivity index (χ0v) is 12.5. The van der Waals surface area contributed by atoms with Crippen LogP contribution in [0, 0.1) is 5.82 Å². The highest BCUT2D eigenvalue weighted by molar-refractivity contribution is 7.94. The van der Waals surface area contributed by atoms with Gasteiger partial charge < -0.3 is 5.73 Å². The highest BCUT2D eigenvalue weighted by atomic mass is 32.2. The second kappa shape index (κ2) is 5.07. The Morgan fingerprint density at radius 3 is 2.77 bits per heavy atom. The summed E-state index contributed by atoms with van der Waals surface area (Å²) < 4.78 is 40.6. The third-order valence-corrected chi connectivity index (χ3v) is 5.75. The number of thiophene rings is 1. The summed E-state index contributed by atoms with van der Waals surface area (Å²) in [5.41, 5.74) is 5.03. The Kier molecular flexibility index (Phi) is 3.34. The van der Waals surface area contributed by atoms with Crippen molar-refractivity contribution in [1.82, 2.24) is 10.2 Å². The lowest BCUT2D eigenvalue weighted by Gasteiger charge is -2.01. The summed E-state index contributed by atoms with van der Waals surface area (Å²) >= 11 is 0.999. The Balaban J connectivity index is 1.94. The number of halogens is 1. The molecular formula is C12H9FN4O3S2. The molecule has 4 N–H and O–H groups in total. The lowest BCUT2D eigenvalue weighted by molar-refractivity contribution is 0.0995. The molecule has 0 radical (unpaired) electrons. The van der Waals surface area contributed by atoms with Gasteiger partial charge in [-0.05, 0) is 29.7 Å². The van der Waals surface area contributed by atoms with E-state index in [2.05, 4.69) is 14.9 Å². The maximum atomic E-state index is 13.1. The number of nitrogens with zero attached hydrogens (tertiary/aromatic N) is 1. The van der Waals surface area contributed by atoms with Gasteiger partial charge in [-0.15, -0.1) is 11.3 Å². The number of H-pyrrole nitrogens is 1. The minimum Gasteiger partial charge on any atom is -0.364 e. The highest BCUT2D eigenvalue weighted by Crippen LogP contribution is 2.30. The van der Waals surface area contributed by atoms with E-state index in [1.807, 2.05) is 0 Å². The molecule has 2 heterocycles. The fourth-order valence-electron chi connectivity index (χ4n) is 1.81. The number of aromatic nitrogens is 2. The van der Waals surface area contributed by atoms with Crippen LogP contribution in [0.3, 0.4) is 0 Å². The summed E-state index contributed by atoms with van der Waals surface area (Å²) in [6.07, 6.45) is 0. The Morgan fingerprint density at radius 1 is 1.32 bits per heavy atom. The number of aromatic amines is 1. The number of sulfonamides is 1. The van der Waals surface area contributed by atoms with Crippen molar-refractivity contribution in [2.24, 2.45) is 5.73 Å². The van der Waals surface area contributed by atoms with Gasteiger partial charge in [0, 0.05) is 10.8 Å². The van der Waals surface area contributed by atoms with E-state index < -0.39 is 21.7 Å². The number of carbonyl (C=O) groups excluding carboxylic acids is 1. The third-order valence-electron chi connectivity index (χ3n) is 2.80. The molecule has 0 saturated heterocycles. The van der Waals surface area contributed by atoms with E-state index in [0.717, 1.165) is 11.3 Å². The first kappa shape index (κ1) is 14.5. The van der Waals surface area contributed by atoms with E-state index in [9.17, 15) is 17.6 Å². The van der Waals surface area contributed by atoms with Crippen LogP contribution in [-0.4, -0.2) is 24.5 Å². The predicted molar refractivity (Wildman–Crippen MR) is 79.7 cm³/mol. The molecule has 0 aliphatic heterocycles. The minimum atomic E-state index is -3.89. The van der Waals surface area contributed by atoms with E-state index in [4.69, 9.17) is 5.73 Å². The van der Waals surface area contributed by atoms with Crippen LogP contribution < -0.4 is 10.5 Å². The Bertz CT molecular complexity index is 977. The zero-order chi connectivity index (χ0) is 15.9. The Morgan fingerprint density at radius 2 is 2.09 bits per heavy atom. The summed E-state index contributed by atoms with van der Waals surface area (Å²) in [5, 5.41) is 6.45. The molecule has 3 rings (SSSR count). The summed E-state index contributed by atoms with van der Waals surface area (Å²) in [6, 6.07) is 6.58. The lowest BCUT2D eigenvalue weighted by Crippen LogP contribution is -2.12. The molecule has 0 saturated carbocycles. The van der Waals surface area contributed by atoms with Crippen LogP contribution in [0.15, 0.2) is 34.5 Å². The van der Waals surface area contributed by atoms with Gasteiger partial charge in [0.25, 0.3) is 15.9 Å². The van der Waals surface area contributed by atoms with Gasteiger partial charge in [-0.25, -0.2) is 12.8 Å². The SMILES string of the molecule is NC(=O)c1cc(NS(=O)(=O)c2cc3cc(F)ccc3s2)n[nH]1. The van der Waals surface area contributed by atoms with E-state index >= 15 is 0 Å². The molecule has 0 unspecified atom stereocenters. The van der Waals surface area contributed by atoms with E-state index in [0.29, 0.717) is 10.1 Å². The van der Waals surface area contributed by atoms with Gasteiger partial charge in [-0.3, -0.25) is 14.6 Å². The fourth-order valence-corrected chi connectivity index (χ4v) is 4.18. The molecule has 0 bridgehead atoms. The molecule has 10 heteroatoms. The summed E-state index contributed by atoms with van der Waals surface area (Å²) in [6.45, 7) is 0. The predicted octanol–water partition coefficient (Wildman–Crippen LogP) is 1.66. The molecule has 0 fully saturated rings. The van der Waals surface area contributed by atoms with Crippen molar-refractivity contribution in [2.75, 3.05) is 4.72 Å². The molecule has 2 aromatic heterocycles. The molecule has 0 spiro atoms. The van der Waals surface area contributed by atoms with Crippen molar-refractivity contribution in [2.45, 2.75) is 4.21 Å². The Hall–Kier alpha value is -2.46. The third kappa shape index (κ3) is 2.65. The maximum absolute atomic E-state index is 13.1. The molecular weight excluding hydrogens is 331 g/mol. The number of nitrogens with one attached hydrogen (secondary N) is 2. The average Bonchev–Trinajstić information content (AvgIpc) is 3.04. The molecule has 0 aliphatic carbocycles. The van der Waals surface area contributed by atoms with Gasteiger partial charge in [0.1, 0.15) is 15.7 Å². The monoisotopic (exact) mass is 340 g/mol. The first-order chi connectivity index (χ1) is 10.3. The smallest absolute Gasteiger partial charge is 0.272 e. The average molecular weight is 340 g/mol. The molecule has 1 amide bonds. The van der Waals surface area contributed by atoms with Crippen LogP contribution in [0.5, 0.6) is 0 Å². The number of nitrogens with two attached hydrogens (primary N) is 1. The van der Waals surface area contributed by atoms with Crippen LogP contribution in [0.4, 0.5) is 10.2 Å². The number of carbonyl (C=O) groups is 1. The van der Waals surface area contributed by atoms with Crippen molar-refractivity contribution in [3.63, 3.8) is 0 Å². The minimum absolute atomic E-state index is 0.0109. The van der Waals surface area contributed by atoms with Crippen LogP contribution in [0.1, 0.15) is 10.5 Å². The van der Waals surface area contributed by atoms with Gasteiger partial charge in [0.05, 0.1) is 0 Å². The van der Waals surface area contributed by atoms with Gasteiger partial charge in [0.15, 0.2) is 5.82 Å². The highest BCUT2D eigenvalue weighted by Gasteiger charge is 2.19.